The van der Waals surface area contributed by atoms with E-state index in [4.69, 9.17) is 11.0 Å². The molecule has 0 aliphatic carbocycles. The number of amides is 1. The van der Waals surface area contributed by atoms with Gasteiger partial charge in [0.2, 0.25) is 5.91 Å². The van der Waals surface area contributed by atoms with Crippen LogP contribution in [0.25, 0.3) is 10.9 Å². The molecule has 0 saturated heterocycles. The fourth-order valence-electron chi connectivity index (χ4n) is 2.47. The Balaban J connectivity index is 2.08. The first-order valence-electron chi connectivity index (χ1n) is 7.13. The van der Waals surface area contributed by atoms with E-state index < -0.39 is 6.04 Å². The van der Waals surface area contributed by atoms with Crippen LogP contribution in [0.5, 0.6) is 0 Å². The Hall–Kier alpha value is -2.32. The number of para-hydroxylation sites is 1. The highest BCUT2D eigenvalue weighted by molar-refractivity contribution is 5.86. The molecule has 2 rings (SSSR count). The molecule has 0 spiro atoms. The molecule has 2 aromatic rings. The topological polar surface area (TPSA) is 85.9 Å². The zero-order valence-electron chi connectivity index (χ0n) is 12.2. The van der Waals surface area contributed by atoms with Gasteiger partial charge in [0.05, 0.1) is 18.5 Å². The predicted octanol–water partition coefficient (Wildman–Crippen LogP) is 1.80. The minimum absolute atomic E-state index is 0.0990. The van der Waals surface area contributed by atoms with E-state index in [9.17, 15) is 4.79 Å². The summed E-state index contributed by atoms with van der Waals surface area (Å²) in [4.78, 5) is 17.2. The lowest BCUT2D eigenvalue weighted by molar-refractivity contribution is -0.132. The lowest BCUT2D eigenvalue weighted by Gasteiger charge is -2.23. The number of carbonyl (C=O) groups is 1. The number of aromatic nitrogens is 1. The summed E-state index contributed by atoms with van der Waals surface area (Å²) in [5.41, 5.74) is 8.15. The molecule has 0 bridgehead atoms. The van der Waals surface area contributed by atoms with Crippen LogP contribution in [0.2, 0.25) is 0 Å². The minimum atomic E-state index is -0.581. The summed E-state index contributed by atoms with van der Waals surface area (Å²) in [5.74, 6) is -0.0990. The van der Waals surface area contributed by atoms with Crippen molar-refractivity contribution in [1.29, 1.82) is 5.26 Å². The maximum absolute atomic E-state index is 12.3. The molecule has 0 radical (unpaired) electrons. The Morgan fingerprint density at radius 2 is 2.24 bits per heavy atom. The standard InChI is InChI=1S/C16H20N4O/c1-2-20(9-5-8-17)16(21)14(18)10-12-11-19-15-7-4-3-6-13(12)15/h3-4,6-7,11,14,19H,2,5,9-10,18H2,1H3/t14-/m1/s1. The van der Waals surface area contributed by atoms with E-state index in [1.807, 2.05) is 37.4 Å². The predicted molar refractivity (Wildman–Crippen MR) is 82.5 cm³/mol. The summed E-state index contributed by atoms with van der Waals surface area (Å²) in [6.07, 6.45) is 2.73. The van der Waals surface area contributed by atoms with E-state index in [1.165, 1.54) is 0 Å². The Morgan fingerprint density at radius 1 is 1.48 bits per heavy atom. The molecular formula is C16H20N4O. The molecule has 3 N–H and O–H groups in total. The summed E-state index contributed by atoms with van der Waals surface area (Å²) >= 11 is 0. The van der Waals surface area contributed by atoms with Crippen LogP contribution < -0.4 is 5.73 Å². The van der Waals surface area contributed by atoms with Crippen LogP contribution in [0, 0.1) is 11.3 Å². The van der Waals surface area contributed by atoms with Crippen LogP contribution in [0.4, 0.5) is 0 Å². The Kier molecular flexibility index (Phi) is 4.96. The average molecular weight is 284 g/mol. The van der Waals surface area contributed by atoms with Crippen LogP contribution in [0.15, 0.2) is 30.5 Å². The van der Waals surface area contributed by atoms with E-state index in [0.29, 0.717) is 25.9 Å². The molecular weight excluding hydrogens is 264 g/mol. The van der Waals surface area contributed by atoms with Crippen molar-refractivity contribution >= 4 is 16.8 Å². The van der Waals surface area contributed by atoms with Crippen molar-refractivity contribution < 1.29 is 4.79 Å². The number of H-pyrrole nitrogens is 1. The second-order valence-corrected chi connectivity index (χ2v) is 5.00. The molecule has 21 heavy (non-hydrogen) atoms. The van der Waals surface area contributed by atoms with Gasteiger partial charge < -0.3 is 15.6 Å². The molecule has 5 heteroatoms. The number of carbonyl (C=O) groups excluding carboxylic acids is 1. The van der Waals surface area contributed by atoms with Crippen molar-refractivity contribution in [1.82, 2.24) is 9.88 Å². The third-order valence-corrected chi connectivity index (χ3v) is 3.62. The molecule has 1 amide bonds. The Bertz CT molecular complexity index is 656. The molecule has 0 unspecified atom stereocenters. The van der Waals surface area contributed by atoms with Crippen molar-refractivity contribution in [3.8, 4) is 6.07 Å². The van der Waals surface area contributed by atoms with Crippen LogP contribution in [-0.2, 0) is 11.2 Å². The van der Waals surface area contributed by atoms with E-state index in [1.54, 1.807) is 4.90 Å². The molecule has 110 valence electrons. The summed E-state index contributed by atoms with van der Waals surface area (Å²) in [7, 11) is 0. The smallest absolute Gasteiger partial charge is 0.239 e. The maximum Gasteiger partial charge on any atom is 0.239 e. The first-order chi connectivity index (χ1) is 10.2. The lowest BCUT2D eigenvalue weighted by atomic mass is 10.0. The quantitative estimate of drug-likeness (QED) is 0.848. The second kappa shape index (κ2) is 6.91. The number of nitrogens with two attached hydrogens (primary N) is 1. The van der Waals surface area contributed by atoms with Gasteiger partial charge in [-0.2, -0.15) is 5.26 Å². The molecule has 1 atom stereocenters. The third-order valence-electron chi connectivity index (χ3n) is 3.62. The largest absolute Gasteiger partial charge is 0.361 e. The third kappa shape index (κ3) is 3.41. The summed E-state index contributed by atoms with van der Waals surface area (Å²) < 4.78 is 0. The van der Waals surface area contributed by atoms with Gasteiger partial charge in [0, 0.05) is 30.2 Å². The lowest BCUT2D eigenvalue weighted by Crippen LogP contribution is -2.45. The van der Waals surface area contributed by atoms with Crippen LogP contribution in [0.3, 0.4) is 0 Å². The number of likely N-dealkylation sites (N-methyl/N-ethyl adjacent to an activating group) is 1. The molecule has 0 aliphatic heterocycles. The number of rotatable bonds is 6. The molecule has 5 nitrogen and oxygen atoms in total. The van der Waals surface area contributed by atoms with Gasteiger partial charge in [0.1, 0.15) is 0 Å². The molecule has 1 aromatic heterocycles. The van der Waals surface area contributed by atoms with E-state index in [2.05, 4.69) is 11.1 Å². The van der Waals surface area contributed by atoms with Crippen molar-refractivity contribution in [2.75, 3.05) is 13.1 Å². The summed E-state index contributed by atoms with van der Waals surface area (Å²) in [5, 5.41) is 9.73. The molecule has 0 aliphatic rings. The van der Waals surface area contributed by atoms with Gasteiger partial charge in [-0.15, -0.1) is 0 Å². The van der Waals surface area contributed by atoms with Crippen LogP contribution in [0.1, 0.15) is 18.9 Å². The van der Waals surface area contributed by atoms with Crippen LogP contribution >= 0.6 is 0 Å². The average Bonchev–Trinajstić information content (AvgIpc) is 2.91. The van der Waals surface area contributed by atoms with E-state index >= 15 is 0 Å². The Labute approximate surface area is 124 Å². The fraction of sp³-hybridized carbons (Fsp3) is 0.375. The van der Waals surface area contributed by atoms with E-state index in [-0.39, 0.29) is 5.91 Å². The first kappa shape index (κ1) is 15.1. The summed E-state index contributed by atoms with van der Waals surface area (Å²) in [6, 6.07) is 9.43. The number of hydrogen-bond donors (Lipinski definition) is 2. The van der Waals surface area contributed by atoms with Crippen molar-refractivity contribution in [3.05, 3.63) is 36.0 Å². The van der Waals surface area contributed by atoms with Gasteiger partial charge in [-0.3, -0.25) is 4.79 Å². The number of fused-ring (bicyclic) bond motifs is 1. The van der Waals surface area contributed by atoms with Gasteiger partial charge in [0.25, 0.3) is 0 Å². The normalized spacial score (nSPS) is 12.0. The number of aromatic amines is 1. The highest BCUT2D eigenvalue weighted by Gasteiger charge is 2.21. The number of nitrogens with one attached hydrogen (secondary N) is 1. The first-order valence-corrected chi connectivity index (χ1v) is 7.13. The van der Waals surface area contributed by atoms with Gasteiger partial charge in [-0.05, 0) is 25.0 Å². The van der Waals surface area contributed by atoms with Gasteiger partial charge >= 0.3 is 0 Å². The second-order valence-electron chi connectivity index (χ2n) is 5.00. The molecule has 1 aromatic carbocycles. The zero-order valence-corrected chi connectivity index (χ0v) is 12.2. The minimum Gasteiger partial charge on any atom is -0.361 e. The van der Waals surface area contributed by atoms with Gasteiger partial charge in [0.15, 0.2) is 0 Å². The zero-order chi connectivity index (χ0) is 15.2. The summed E-state index contributed by atoms with van der Waals surface area (Å²) in [6.45, 7) is 2.91. The van der Waals surface area contributed by atoms with E-state index in [0.717, 1.165) is 16.5 Å². The van der Waals surface area contributed by atoms with Crippen molar-refractivity contribution in [2.45, 2.75) is 25.8 Å². The maximum atomic E-state index is 12.3. The fourth-order valence-corrected chi connectivity index (χ4v) is 2.47. The number of benzene rings is 1. The SMILES string of the molecule is CCN(CCC#N)C(=O)[C@H](N)Cc1c[nH]c2ccccc12. The number of nitrogens with zero attached hydrogens (tertiary/aromatic N) is 2. The van der Waals surface area contributed by atoms with Crippen LogP contribution in [-0.4, -0.2) is 34.9 Å². The Morgan fingerprint density at radius 3 is 2.95 bits per heavy atom. The van der Waals surface area contributed by atoms with Crippen molar-refractivity contribution in [2.24, 2.45) is 5.73 Å². The number of hydrogen-bond acceptors (Lipinski definition) is 3. The monoisotopic (exact) mass is 284 g/mol. The molecule has 0 fully saturated rings. The number of nitriles is 1. The molecule has 0 saturated carbocycles. The van der Waals surface area contributed by atoms with Gasteiger partial charge in [-0.25, -0.2) is 0 Å². The molecule has 1 heterocycles. The van der Waals surface area contributed by atoms with Gasteiger partial charge in [-0.1, -0.05) is 18.2 Å². The van der Waals surface area contributed by atoms with Crippen molar-refractivity contribution in [3.63, 3.8) is 0 Å². The highest BCUT2D eigenvalue weighted by atomic mass is 16.2. The highest BCUT2D eigenvalue weighted by Crippen LogP contribution is 2.19.